The van der Waals surface area contributed by atoms with Gasteiger partial charge in [-0.2, -0.15) is 0 Å². The van der Waals surface area contributed by atoms with Crippen LogP contribution in [0.5, 0.6) is 0 Å². The highest BCUT2D eigenvalue weighted by molar-refractivity contribution is 4.84. The first-order valence-corrected chi connectivity index (χ1v) is 7.93. The Labute approximate surface area is 115 Å². The van der Waals surface area contributed by atoms with Crippen molar-refractivity contribution in [3.8, 4) is 0 Å². The van der Waals surface area contributed by atoms with Gasteiger partial charge in [-0.1, -0.05) is 34.6 Å². The molecule has 0 aliphatic carbocycles. The van der Waals surface area contributed by atoms with Gasteiger partial charge in [0.1, 0.15) is 0 Å². The van der Waals surface area contributed by atoms with Crippen LogP contribution in [0.4, 0.5) is 0 Å². The predicted molar refractivity (Wildman–Crippen MR) is 81.0 cm³/mol. The van der Waals surface area contributed by atoms with Crippen LogP contribution >= 0.6 is 0 Å². The van der Waals surface area contributed by atoms with E-state index in [1.54, 1.807) is 0 Å². The molecule has 2 heteroatoms. The van der Waals surface area contributed by atoms with Crippen LogP contribution in [0.3, 0.4) is 0 Å². The Morgan fingerprint density at radius 3 is 2.22 bits per heavy atom. The van der Waals surface area contributed by atoms with Crippen molar-refractivity contribution >= 4 is 0 Å². The molecule has 1 atom stereocenters. The van der Waals surface area contributed by atoms with E-state index in [-0.39, 0.29) is 0 Å². The van der Waals surface area contributed by atoms with Gasteiger partial charge in [-0.3, -0.25) is 4.90 Å². The van der Waals surface area contributed by atoms with E-state index >= 15 is 0 Å². The Bertz CT molecular complexity index is 212. The van der Waals surface area contributed by atoms with Crippen LogP contribution in [0.15, 0.2) is 0 Å². The average molecular weight is 254 g/mol. The summed E-state index contributed by atoms with van der Waals surface area (Å²) < 4.78 is 0. The molecule has 0 saturated carbocycles. The highest BCUT2D eigenvalue weighted by Gasteiger charge is 2.30. The van der Waals surface area contributed by atoms with Crippen molar-refractivity contribution in [2.45, 2.75) is 66.3 Å². The Hall–Kier alpha value is -0.0800. The maximum atomic E-state index is 3.58. The molecular formula is C16H34N2. The van der Waals surface area contributed by atoms with Gasteiger partial charge in [-0.25, -0.2) is 0 Å². The van der Waals surface area contributed by atoms with E-state index in [2.05, 4.69) is 44.8 Å². The zero-order chi connectivity index (χ0) is 13.6. The Morgan fingerprint density at radius 2 is 1.78 bits per heavy atom. The monoisotopic (exact) mass is 254 g/mol. The largest absolute Gasteiger partial charge is 0.315 e. The molecule has 0 radical (unpaired) electrons. The van der Waals surface area contributed by atoms with Crippen molar-refractivity contribution in [1.29, 1.82) is 0 Å². The Morgan fingerprint density at radius 1 is 1.17 bits per heavy atom. The number of nitrogens with zero attached hydrogens (tertiary/aromatic N) is 1. The molecule has 0 spiro atoms. The van der Waals surface area contributed by atoms with Crippen LogP contribution in [0.1, 0.15) is 60.3 Å². The van der Waals surface area contributed by atoms with E-state index in [0.29, 0.717) is 5.41 Å². The third kappa shape index (κ3) is 4.89. The fraction of sp³-hybridized carbons (Fsp3) is 1.00. The summed E-state index contributed by atoms with van der Waals surface area (Å²) in [6, 6.07) is 0.748. The number of rotatable bonds is 6. The minimum atomic E-state index is 0.494. The minimum absolute atomic E-state index is 0.494. The van der Waals surface area contributed by atoms with Gasteiger partial charge in [0.25, 0.3) is 0 Å². The number of hydrogen-bond donors (Lipinski definition) is 1. The van der Waals surface area contributed by atoms with Crippen LogP contribution in [-0.2, 0) is 0 Å². The smallest absolute Gasteiger partial charge is 0.0218 e. The van der Waals surface area contributed by atoms with Gasteiger partial charge in [0.2, 0.25) is 0 Å². The van der Waals surface area contributed by atoms with E-state index in [1.807, 2.05) is 0 Å². The lowest BCUT2D eigenvalue weighted by Gasteiger charge is -2.42. The molecule has 1 saturated heterocycles. The van der Waals surface area contributed by atoms with Crippen LogP contribution in [0.2, 0.25) is 0 Å². The summed E-state index contributed by atoms with van der Waals surface area (Å²) in [5.74, 6) is 0.912. The number of likely N-dealkylation sites (tertiary alicyclic amines) is 1. The average Bonchev–Trinajstić information content (AvgIpc) is 2.34. The first-order valence-electron chi connectivity index (χ1n) is 7.93. The van der Waals surface area contributed by atoms with Crippen LogP contribution in [0, 0.1) is 11.3 Å². The van der Waals surface area contributed by atoms with Gasteiger partial charge in [0.15, 0.2) is 0 Å². The van der Waals surface area contributed by atoms with Gasteiger partial charge in [-0.05, 0) is 56.7 Å². The van der Waals surface area contributed by atoms with Crippen molar-refractivity contribution in [2.75, 3.05) is 26.2 Å². The van der Waals surface area contributed by atoms with Crippen molar-refractivity contribution in [3.63, 3.8) is 0 Å². The number of hydrogen-bond acceptors (Lipinski definition) is 2. The summed E-state index contributed by atoms with van der Waals surface area (Å²) in [5, 5.41) is 3.58. The molecule has 1 aliphatic heterocycles. The lowest BCUT2D eigenvalue weighted by Crippen LogP contribution is -2.47. The molecule has 1 rings (SSSR count). The zero-order valence-electron chi connectivity index (χ0n) is 13.3. The van der Waals surface area contributed by atoms with Gasteiger partial charge in [0, 0.05) is 12.6 Å². The lowest BCUT2D eigenvalue weighted by molar-refractivity contribution is 0.0806. The SMILES string of the molecule is CCCNCC(CC)N1CCC(C(C)(C)C)CC1. The van der Waals surface area contributed by atoms with E-state index < -0.39 is 0 Å². The predicted octanol–water partition coefficient (Wildman–Crippen LogP) is 3.52. The molecule has 1 heterocycles. The molecule has 1 fully saturated rings. The fourth-order valence-electron chi connectivity index (χ4n) is 3.11. The van der Waals surface area contributed by atoms with Crippen molar-refractivity contribution in [3.05, 3.63) is 0 Å². The molecule has 1 aliphatic rings. The van der Waals surface area contributed by atoms with E-state index in [1.165, 1.54) is 45.3 Å². The summed E-state index contributed by atoms with van der Waals surface area (Å²) in [5.41, 5.74) is 0.494. The van der Waals surface area contributed by atoms with Crippen LogP contribution < -0.4 is 5.32 Å². The number of nitrogens with one attached hydrogen (secondary N) is 1. The molecule has 0 amide bonds. The van der Waals surface area contributed by atoms with Crippen molar-refractivity contribution < 1.29 is 0 Å². The molecule has 18 heavy (non-hydrogen) atoms. The molecule has 2 nitrogen and oxygen atoms in total. The first kappa shape index (κ1) is 16.0. The molecule has 108 valence electrons. The lowest BCUT2D eigenvalue weighted by atomic mass is 9.75. The summed E-state index contributed by atoms with van der Waals surface area (Å²) in [7, 11) is 0. The molecule has 1 unspecified atom stereocenters. The molecule has 0 aromatic rings. The second-order valence-electron chi connectivity index (χ2n) is 6.94. The van der Waals surface area contributed by atoms with Gasteiger partial charge >= 0.3 is 0 Å². The molecular weight excluding hydrogens is 220 g/mol. The van der Waals surface area contributed by atoms with Crippen LogP contribution in [0.25, 0.3) is 0 Å². The summed E-state index contributed by atoms with van der Waals surface area (Å²) in [6.07, 6.45) is 5.28. The number of piperidine rings is 1. The normalized spacial score (nSPS) is 21.2. The topological polar surface area (TPSA) is 15.3 Å². The maximum Gasteiger partial charge on any atom is 0.0218 e. The second kappa shape index (κ2) is 7.49. The minimum Gasteiger partial charge on any atom is -0.315 e. The standard InChI is InChI=1S/C16H34N2/c1-6-10-17-13-15(7-2)18-11-8-14(9-12-18)16(3,4)5/h14-15,17H,6-13H2,1-5H3. The Balaban J connectivity index is 2.35. The molecule has 0 aromatic heterocycles. The summed E-state index contributed by atoms with van der Waals surface area (Å²) in [4.78, 5) is 2.71. The highest BCUT2D eigenvalue weighted by Crippen LogP contribution is 2.34. The van der Waals surface area contributed by atoms with Crippen molar-refractivity contribution in [1.82, 2.24) is 10.2 Å². The molecule has 0 bridgehead atoms. The second-order valence-corrected chi connectivity index (χ2v) is 6.94. The first-order chi connectivity index (χ1) is 8.49. The maximum absolute atomic E-state index is 3.58. The van der Waals surface area contributed by atoms with E-state index in [9.17, 15) is 0 Å². The van der Waals surface area contributed by atoms with E-state index in [4.69, 9.17) is 0 Å². The van der Waals surface area contributed by atoms with Gasteiger partial charge in [0.05, 0.1) is 0 Å². The molecule has 1 N–H and O–H groups in total. The van der Waals surface area contributed by atoms with Crippen molar-refractivity contribution in [2.24, 2.45) is 11.3 Å². The summed E-state index contributed by atoms with van der Waals surface area (Å²) >= 11 is 0. The quantitative estimate of drug-likeness (QED) is 0.730. The van der Waals surface area contributed by atoms with Gasteiger partial charge in [-0.15, -0.1) is 0 Å². The highest BCUT2D eigenvalue weighted by atomic mass is 15.2. The molecule has 0 aromatic carbocycles. The third-order valence-electron chi connectivity index (χ3n) is 4.55. The fourth-order valence-corrected chi connectivity index (χ4v) is 3.11. The van der Waals surface area contributed by atoms with Crippen LogP contribution in [-0.4, -0.2) is 37.1 Å². The van der Waals surface area contributed by atoms with Gasteiger partial charge < -0.3 is 5.32 Å². The van der Waals surface area contributed by atoms with E-state index in [0.717, 1.165) is 18.5 Å². The summed E-state index contributed by atoms with van der Waals surface area (Å²) in [6.45, 7) is 16.7. The Kier molecular flexibility index (Phi) is 6.65. The zero-order valence-corrected chi connectivity index (χ0v) is 13.3. The third-order valence-corrected chi connectivity index (χ3v) is 4.55.